The molecular formula is C29H34NO9P. The highest BCUT2D eigenvalue weighted by Crippen LogP contribution is 2.52. The molecule has 1 heterocycles. The lowest BCUT2D eigenvalue weighted by Crippen LogP contribution is -2.45. The topological polar surface area (TPSA) is 126 Å². The molecule has 0 fully saturated rings. The van der Waals surface area contributed by atoms with Gasteiger partial charge >= 0.3 is 13.6 Å². The summed E-state index contributed by atoms with van der Waals surface area (Å²) >= 11 is 0. The summed E-state index contributed by atoms with van der Waals surface area (Å²) in [6.07, 6.45) is 0.753. The predicted octanol–water partition coefficient (Wildman–Crippen LogP) is 5.64. The second-order valence-corrected chi connectivity index (χ2v) is 11.6. The van der Waals surface area contributed by atoms with Gasteiger partial charge in [-0.15, -0.1) is 0 Å². The van der Waals surface area contributed by atoms with Gasteiger partial charge in [-0.1, -0.05) is 30.3 Å². The number of furan rings is 1. The summed E-state index contributed by atoms with van der Waals surface area (Å²) < 4.78 is 46.3. The first-order chi connectivity index (χ1) is 19.3. The second-order valence-electron chi connectivity index (χ2n) is 9.18. The van der Waals surface area contributed by atoms with Crippen LogP contribution in [0, 0.1) is 0 Å². The Balaban J connectivity index is 1.59. The third-order valence-electron chi connectivity index (χ3n) is 6.90. The average Bonchev–Trinajstić information content (AvgIpc) is 3.35. The Morgan fingerprint density at radius 3 is 2.12 bits per heavy atom. The lowest BCUT2D eigenvalue weighted by atomic mass is 10.0. The SMILES string of the molecule is COc1cc(CC[C@@H](N[C@@H](Cc2ccc3c(c2)oc2ccccc23)C(=O)O)P(=O)(OC)OC)cc(OC)c1OC. The number of ether oxygens (including phenoxy) is 3. The molecule has 10 nitrogen and oxygen atoms in total. The molecule has 0 aliphatic heterocycles. The van der Waals surface area contributed by atoms with Gasteiger partial charge in [-0.2, -0.15) is 0 Å². The summed E-state index contributed by atoms with van der Waals surface area (Å²) in [6.45, 7) is 0. The first-order valence-electron chi connectivity index (χ1n) is 12.7. The van der Waals surface area contributed by atoms with Crippen molar-refractivity contribution in [2.75, 3.05) is 35.5 Å². The summed E-state index contributed by atoms with van der Waals surface area (Å²) in [5.41, 5.74) is 2.98. The van der Waals surface area contributed by atoms with Gasteiger partial charge in [-0.3, -0.25) is 14.7 Å². The molecule has 0 unspecified atom stereocenters. The molecule has 2 N–H and O–H groups in total. The molecule has 0 bridgehead atoms. The van der Waals surface area contributed by atoms with E-state index in [2.05, 4.69) is 5.32 Å². The number of hydrogen-bond donors (Lipinski definition) is 2. The van der Waals surface area contributed by atoms with Gasteiger partial charge in [-0.25, -0.2) is 0 Å². The fourth-order valence-electron chi connectivity index (χ4n) is 4.83. The maximum Gasteiger partial charge on any atom is 0.346 e. The molecule has 0 saturated heterocycles. The summed E-state index contributed by atoms with van der Waals surface area (Å²) in [4.78, 5) is 12.4. The number of nitrogens with one attached hydrogen (secondary N) is 1. The van der Waals surface area contributed by atoms with Crippen molar-refractivity contribution in [3.63, 3.8) is 0 Å². The molecule has 0 saturated carbocycles. The monoisotopic (exact) mass is 571 g/mol. The minimum absolute atomic E-state index is 0.121. The molecule has 2 atom stereocenters. The summed E-state index contributed by atoms with van der Waals surface area (Å²) in [5, 5.41) is 15.1. The van der Waals surface area contributed by atoms with E-state index < -0.39 is 25.4 Å². The molecule has 40 heavy (non-hydrogen) atoms. The Morgan fingerprint density at radius 2 is 1.52 bits per heavy atom. The van der Waals surface area contributed by atoms with E-state index in [-0.39, 0.29) is 12.8 Å². The molecule has 0 aliphatic rings. The maximum atomic E-state index is 13.5. The van der Waals surface area contributed by atoms with Crippen LogP contribution in [0.4, 0.5) is 0 Å². The van der Waals surface area contributed by atoms with Gasteiger partial charge in [-0.05, 0) is 54.7 Å². The number of hydrogen-bond acceptors (Lipinski definition) is 9. The number of fused-ring (bicyclic) bond motifs is 3. The summed E-state index contributed by atoms with van der Waals surface area (Å²) in [7, 11) is 3.41. The number of carboxylic acids is 1. The van der Waals surface area contributed by atoms with E-state index in [4.69, 9.17) is 27.7 Å². The van der Waals surface area contributed by atoms with Crippen LogP contribution in [0.5, 0.6) is 17.2 Å². The van der Waals surface area contributed by atoms with E-state index in [0.29, 0.717) is 29.3 Å². The lowest BCUT2D eigenvalue weighted by Gasteiger charge is -2.28. The molecule has 3 aromatic carbocycles. The fourth-order valence-corrected chi connectivity index (χ4v) is 6.29. The van der Waals surface area contributed by atoms with E-state index >= 15 is 0 Å². The zero-order valence-corrected chi connectivity index (χ0v) is 24.0. The maximum absolute atomic E-state index is 13.5. The Bertz CT molecular complexity index is 1500. The first kappa shape index (κ1) is 29.4. The van der Waals surface area contributed by atoms with E-state index in [9.17, 15) is 14.5 Å². The predicted molar refractivity (Wildman–Crippen MR) is 152 cm³/mol. The average molecular weight is 572 g/mol. The van der Waals surface area contributed by atoms with Crippen molar-refractivity contribution in [2.45, 2.75) is 31.1 Å². The van der Waals surface area contributed by atoms with Crippen LogP contribution in [0.2, 0.25) is 0 Å². The molecule has 214 valence electrons. The molecular weight excluding hydrogens is 537 g/mol. The molecule has 4 aromatic rings. The van der Waals surface area contributed by atoms with Gasteiger partial charge in [0.2, 0.25) is 5.75 Å². The van der Waals surface area contributed by atoms with Crippen molar-refractivity contribution in [1.29, 1.82) is 0 Å². The Morgan fingerprint density at radius 1 is 0.875 bits per heavy atom. The van der Waals surface area contributed by atoms with E-state index in [1.807, 2.05) is 42.5 Å². The van der Waals surface area contributed by atoms with Crippen molar-refractivity contribution in [2.24, 2.45) is 0 Å². The van der Waals surface area contributed by atoms with Crippen LogP contribution in [-0.2, 0) is 31.2 Å². The number of carbonyl (C=O) groups is 1. The number of rotatable bonds is 14. The van der Waals surface area contributed by atoms with Crippen molar-refractivity contribution >= 4 is 35.5 Å². The number of aliphatic carboxylic acids is 1. The third-order valence-corrected chi connectivity index (χ3v) is 9.08. The normalized spacial score (nSPS) is 13.3. The molecule has 0 radical (unpaired) electrons. The van der Waals surface area contributed by atoms with Gasteiger partial charge in [0.15, 0.2) is 11.5 Å². The molecule has 0 aliphatic carbocycles. The van der Waals surface area contributed by atoms with Crippen molar-refractivity contribution in [3.8, 4) is 17.2 Å². The van der Waals surface area contributed by atoms with Crippen LogP contribution in [0.3, 0.4) is 0 Å². The first-order valence-corrected chi connectivity index (χ1v) is 14.3. The molecule has 0 spiro atoms. The van der Waals surface area contributed by atoms with Gasteiger partial charge in [0.25, 0.3) is 0 Å². The Kier molecular flexibility index (Phi) is 9.37. The molecule has 11 heteroatoms. The Hall–Kier alpha value is -3.56. The van der Waals surface area contributed by atoms with Crippen LogP contribution >= 0.6 is 7.60 Å². The molecule has 0 amide bonds. The van der Waals surface area contributed by atoms with Crippen LogP contribution in [0.25, 0.3) is 21.9 Å². The minimum atomic E-state index is -3.72. The van der Waals surface area contributed by atoms with Crippen LogP contribution < -0.4 is 19.5 Å². The van der Waals surface area contributed by atoms with Gasteiger partial charge in [0, 0.05) is 25.0 Å². The number of aryl methyl sites for hydroxylation is 1. The molecule has 1 aromatic heterocycles. The minimum Gasteiger partial charge on any atom is -0.493 e. The smallest absolute Gasteiger partial charge is 0.346 e. The van der Waals surface area contributed by atoms with Crippen LogP contribution in [-0.4, -0.2) is 58.4 Å². The fraction of sp³-hybridized carbons (Fsp3) is 0.345. The van der Waals surface area contributed by atoms with Crippen molar-refractivity contribution in [1.82, 2.24) is 5.32 Å². The van der Waals surface area contributed by atoms with Gasteiger partial charge in [0.1, 0.15) is 23.0 Å². The third kappa shape index (κ3) is 6.10. The zero-order chi connectivity index (χ0) is 28.9. The van der Waals surface area contributed by atoms with E-state index in [1.165, 1.54) is 35.5 Å². The number of methoxy groups -OCH3 is 3. The highest BCUT2D eigenvalue weighted by atomic mass is 31.2. The zero-order valence-electron chi connectivity index (χ0n) is 23.1. The largest absolute Gasteiger partial charge is 0.493 e. The van der Waals surface area contributed by atoms with Crippen molar-refractivity contribution in [3.05, 3.63) is 65.7 Å². The quantitative estimate of drug-likeness (QED) is 0.184. The lowest BCUT2D eigenvalue weighted by molar-refractivity contribution is -0.139. The highest BCUT2D eigenvalue weighted by Gasteiger charge is 2.37. The highest BCUT2D eigenvalue weighted by molar-refractivity contribution is 7.54. The number of carboxylic acid groups (broad SMARTS) is 1. The number of benzene rings is 3. The van der Waals surface area contributed by atoms with Crippen LogP contribution in [0.15, 0.2) is 59.0 Å². The van der Waals surface area contributed by atoms with E-state index in [0.717, 1.165) is 27.5 Å². The second kappa shape index (κ2) is 12.7. The van der Waals surface area contributed by atoms with Gasteiger partial charge < -0.3 is 32.8 Å². The molecule has 4 rings (SSSR count). The van der Waals surface area contributed by atoms with Gasteiger partial charge in [0.05, 0.1) is 21.3 Å². The van der Waals surface area contributed by atoms with Crippen molar-refractivity contribution < 1.29 is 42.1 Å². The summed E-state index contributed by atoms with van der Waals surface area (Å²) in [6, 6.07) is 15.9. The Labute approximate surface area is 232 Å². The van der Waals surface area contributed by atoms with Crippen LogP contribution in [0.1, 0.15) is 17.5 Å². The standard InChI is InChI=1S/C29H34NO9P/c1-34-25-16-19(17-26(35-2)28(25)36-3)11-13-27(40(33,37-4)38-5)30-22(29(31)32)14-18-10-12-21-20-8-6-7-9-23(20)39-24(21)15-18/h6-10,12,15-17,22,27,30H,11,13-14H2,1-5H3,(H,31,32)/t22-,27-/m0/s1. The van der Waals surface area contributed by atoms with E-state index in [1.54, 1.807) is 12.1 Å². The number of para-hydroxylation sites is 1. The summed E-state index contributed by atoms with van der Waals surface area (Å²) in [5.74, 6) is -0.603.